The van der Waals surface area contributed by atoms with Crippen molar-refractivity contribution < 1.29 is 9.90 Å². The van der Waals surface area contributed by atoms with Crippen LogP contribution in [-0.4, -0.2) is 22.7 Å². The number of fused-ring (bicyclic) bond motifs is 1. The highest BCUT2D eigenvalue weighted by Crippen LogP contribution is 2.36. The summed E-state index contributed by atoms with van der Waals surface area (Å²) in [5.41, 5.74) is 1.75. The Morgan fingerprint density at radius 2 is 2.00 bits per heavy atom. The number of carbonyl (C=O) groups excluding carboxylic acids is 1. The number of amides is 2. The molecule has 108 valence electrons. The first-order chi connectivity index (χ1) is 10.2. The summed E-state index contributed by atoms with van der Waals surface area (Å²) in [5, 5.41) is 16.1. The van der Waals surface area contributed by atoms with Crippen LogP contribution in [0.4, 0.5) is 10.5 Å². The number of rotatable bonds is 3. The topological polar surface area (TPSA) is 74.2 Å². The monoisotopic (exact) mass is 283 g/mol. The van der Waals surface area contributed by atoms with Crippen molar-refractivity contribution in [2.75, 3.05) is 11.9 Å². The Morgan fingerprint density at radius 1 is 1.24 bits per heavy atom. The number of hydrogen-bond donors (Lipinski definition) is 3. The summed E-state index contributed by atoms with van der Waals surface area (Å²) >= 11 is 0. The Bertz CT molecular complexity index is 645. The number of nitrogens with one attached hydrogen (secondary N) is 2. The van der Waals surface area contributed by atoms with Gasteiger partial charge in [0.25, 0.3) is 0 Å². The largest absolute Gasteiger partial charge is 0.383 e. The molecule has 1 aliphatic carbocycles. The number of hydrogen-bond acceptors (Lipinski definition) is 3. The predicted molar refractivity (Wildman–Crippen MR) is 79.9 cm³/mol. The molecule has 1 unspecified atom stereocenters. The summed E-state index contributed by atoms with van der Waals surface area (Å²) in [6.07, 6.45) is 4.68. The van der Waals surface area contributed by atoms with Crippen molar-refractivity contribution in [2.45, 2.75) is 18.4 Å². The van der Waals surface area contributed by atoms with Crippen molar-refractivity contribution in [3.8, 4) is 0 Å². The van der Waals surface area contributed by atoms with E-state index in [-0.39, 0.29) is 12.6 Å². The second-order valence-electron chi connectivity index (χ2n) is 5.23. The van der Waals surface area contributed by atoms with E-state index in [1.165, 1.54) is 0 Å². The lowest BCUT2D eigenvalue weighted by Gasteiger charge is -2.24. The van der Waals surface area contributed by atoms with Crippen molar-refractivity contribution >= 4 is 11.7 Å². The maximum Gasteiger partial charge on any atom is 0.319 e. The van der Waals surface area contributed by atoms with E-state index in [0.717, 1.165) is 17.5 Å². The van der Waals surface area contributed by atoms with Crippen molar-refractivity contribution in [3.63, 3.8) is 0 Å². The van der Waals surface area contributed by atoms with E-state index in [1.54, 1.807) is 24.5 Å². The molecular formula is C16H17N3O2. The van der Waals surface area contributed by atoms with Crippen LogP contribution in [-0.2, 0) is 12.0 Å². The average molecular weight is 283 g/mol. The van der Waals surface area contributed by atoms with E-state index in [2.05, 4.69) is 15.6 Å². The molecule has 5 nitrogen and oxygen atoms in total. The van der Waals surface area contributed by atoms with Gasteiger partial charge in [-0.05, 0) is 36.1 Å². The third-order valence-corrected chi connectivity index (χ3v) is 3.81. The van der Waals surface area contributed by atoms with E-state index in [1.807, 2.05) is 24.3 Å². The first kappa shape index (κ1) is 13.6. The van der Waals surface area contributed by atoms with Gasteiger partial charge in [-0.1, -0.05) is 24.3 Å². The third-order valence-electron chi connectivity index (χ3n) is 3.81. The Kier molecular flexibility index (Phi) is 3.58. The van der Waals surface area contributed by atoms with Gasteiger partial charge in [0.1, 0.15) is 5.60 Å². The molecule has 3 N–H and O–H groups in total. The van der Waals surface area contributed by atoms with Crippen LogP contribution in [0.1, 0.15) is 17.5 Å². The molecular weight excluding hydrogens is 266 g/mol. The fourth-order valence-electron chi connectivity index (χ4n) is 2.69. The molecule has 0 spiro atoms. The lowest BCUT2D eigenvalue weighted by Crippen LogP contribution is -2.41. The lowest BCUT2D eigenvalue weighted by atomic mass is 9.96. The maximum absolute atomic E-state index is 11.9. The minimum atomic E-state index is -0.980. The zero-order chi connectivity index (χ0) is 14.7. The van der Waals surface area contributed by atoms with Crippen molar-refractivity contribution in [1.82, 2.24) is 10.3 Å². The number of anilines is 1. The van der Waals surface area contributed by atoms with E-state index in [4.69, 9.17) is 0 Å². The molecule has 2 aromatic rings. The van der Waals surface area contributed by atoms with Crippen LogP contribution in [0.25, 0.3) is 0 Å². The van der Waals surface area contributed by atoms with E-state index in [9.17, 15) is 9.90 Å². The fourth-order valence-corrected chi connectivity index (χ4v) is 2.69. The highest BCUT2D eigenvalue weighted by atomic mass is 16.3. The fraction of sp³-hybridized carbons (Fsp3) is 0.250. The van der Waals surface area contributed by atoms with Crippen LogP contribution in [0.3, 0.4) is 0 Å². The molecule has 1 atom stereocenters. The minimum Gasteiger partial charge on any atom is -0.383 e. The van der Waals surface area contributed by atoms with Crippen LogP contribution in [0.2, 0.25) is 0 Å². The summed E-state index contributed by atoms with van der Waals surface area (Å²) < 4.78 is 0. The number of urea groups is 1. The number of aromatic nitrogens is 1. The Hall–Kier alpha value is -2.40. The Labute approximate surface area is 123 Å². The molecule has 0 fully saturated rings. The number of aryl methyl sites for hydroxylation is 1. The van der Waals surface area contributed by atoms with Crippen LogP contribution in [0.15, 0.2) is 48.8 Å². The normalized spacial score (nSPS) is 19.9. The molecule has 1 aromatic carbocycles. The lowest BCUT2D eigenvalue weighted by molar-refractivity contribution is 0.0417. The first-order valence-corrected chi connectivity index (χ1v) is 6.93. The van der Waals surface area contributed by atoms with Gasteiger partial charge in [0.05, 0.1) is 6.54 Å². The molecule has 0 bridgehead atoms. The van der Waals surface area contributed by atoms with Crippen LogP contribution >= 0.6 is 0 Å². The van der Waals surface area contributed by atoms with Crippen LogP contribution < -0.4 is 10.6 Å². The summed E-state index contributed by atoms with van der Waals surface area (Å²) in [7, 11) is 0. The van der Waals surface area contributed by atoms with Crippen molar-refractivity contribution in [1.29, 1.82) is 0 Å². The van der Waals surface area contributed by atoms with Crippen LogP contribution in [0, 0.1) is 0 Å². The van der Waals surface area contributed by atoms with Gasteiger partial charge in [0.2, 0.25) is 0 Å². The number of nitrogens with zero attached hydrogens (tertiary/aromatic N) is 1. The first-order valence-electron chi connectivity index (χ1n) is 6.93. The van der Waals surface area contributed by atoms with Gasteiger partial charge in [0, 0.05) is 18.1 Å². The third kappa shape index (κ3) is 2.87. The molecule has 21 heavy (non-hydrogen) atoms. The Balaban J connectivity index is 1.62. The van der Waals surface area contributed by atoms with E-state index in [0.29, 0.717) is 12.1 Å². The van der Waals surface area contributed by atoms with Gasteiger partial charge in [-0.15, -0.1) is 0 Å². The molecule has 1 aromatic heterocycles. The molecule has 0 radical (unpaired) electrons. The molecule has 0 saturated heterocycles. The van der Waals surface area contributed by atoms with Gasteiger partial charge >= 0.3 is 6.03 Å². The second kappa shape index (κ2) is 5.54. The average Bonchev–Trinajstić information content (AvgIpc) is 2.85. The number of benzene rings is 1. The summed E-state index contributed by atoms with van der Waals surface area (Å²) in [6.45, 7) is 0.195. The maximum atomic E-state index is 11.9. The molecule has 0 saturated carbocycles. The molecule has 5 heteroatoms. The predicted octanol–water partition coefficient (Wildman–Crippen LogP) is 2.04. The summed E-state index contributed by atoms with van der Waals surface area (Å²) in [6, 6.07) is 10.9. The van der Waals surface area contributed by atoms with Crippen molar-refractivity contribution in [2.24, 2.45) is 0 Å². The quantitative estimate of drug-likeness (QED) is 0.807. The highest BCUT2D eigenvalue weighted by Gasteiger charge is 2.36. The number of pyridine rings is 1. The highest BCUT2D eigenvalue weighted by molar-refractivity contribution is 5.89. The Morgan fingerprint density at radius 3 is 2.81 bits per heavy atom. The zero-order valence-corrected chi connectivity index (χ0v) is 11.5. The molecule has 0 aliphatic heterocycles. The van der Waals surface area contributed by atoms with E-state index < -0.39 is 5.60 Å². The van der Waals surface area contributed by atoms with E-state index >= 15 is 0 Å². The van der Waals surface area contributed by atoms with Crippen molar-refractivity contribution in [3.05, 3.63) is 59.9 Å². The molecule has 1 heterocycles. The zero-order valence-electron chi connectivity index (χ0n) is 11.5. The molecule has 1 aliphatic rings. The second-order valence-corrected chi connectivity index (χ2v) is 5.23. The number of carbonyl (C=O) groups is 1. The van der Waals surface area contributed by atoms with Gasteiger partial charge in [-0.25, -0.2) is 4.79 Å². The van der Waals surface area contributed by atoms with Gasteiger partial charge in [-0.3, -0.25) is 4.98 Å². The van der Waals surface area contributed by atoms with Gasteiger partial charge in [0.15, 0.2) is 0 Å². The summed E-state index contributed by atoms with van der Waals surface area (Å²) in [5.74, 6) is 0. The van der Waals surface area contributed by atoms with Gasteiger partial charge < -0.3 is 15.7 Å². The van der Waals surface area contributed by atoms with Gasteiger partial charge in [-0.2, -0.15) is 0 Å². The summed E-state index contributed by atoms with van der Waals surface area (Å²) in [4.78, 5) is 15.8. The minimum absolute atomic E-state index is 0.195. The molecule has 2 amide bonds. The SMILES string of the molecule is O=C(NCC1(O)CCc2ccccc21)Nc1ccncc1. The molecule has 3 rings (SSSR count). The number of aliphatic hydroxyl groups is 1. The van der Waals surface area contributed by atoms with Crippen LogP contribution in [0.5, 0.6) is 0 Å². The smallest absolute Gasteiger partial charge is 0.319 e. The standard InChI is InChI=1S/C16H17N3O2/c20-15(19-13-6-9-17-10-7-13)18-11-16(21)8-5-12-3-1-2-4-14(12)16/h1-4,6-7,9-10,21H,5,8,11H2,(H2,17,18,19,20).